The lowest BCUT2D eigenvalue weighted by atomic mass is 10.1. The van der Waals surface area contributed by atoms with Crippen LogP contribution in [0.1, 0.15) is 25.0 Å². The van der Waals surface area contributed by atoms with Gasteiger partial charge in [-0.2, -0.15) is 5.10 Å². The Hall–Kier alpha value is -2.34. The van der Waals surface area contributed by atoms with Crippen LogP contribution in [0.4, 0.5) is 10.5 Å². The predicted octanol–water partition coefficient (Wildman–Crippen LogP) is 2.35. The van der Waals surface area contributed by atoms with E-state index in [1.165, 1.54) is 0 Å². The second kappa shape index (κ2) is 7.61. The number of nitrogens with zero attached hydrogens (tertiary/aromatic N) is 2. The first-order valence-electron chi connectivity index (χ1n) is 7.33. The van der Waals surface area contributed by atoms with E-state index in [0.29, 0.717) is 18.2 Å². The number of anilines is 1. The zero-order valence-corrected chi connectivity index (χ0v) is 12.9. The third kappa shape index (κ3) is 4.60. The summed E-state index contributed by atoms with van der Waals surface area (Å²) in [4.78, 5) is 11.9. The van der Waals surface area contributed by atoms with Crippen molar-refractivity contribution in [3.8, 4) is 0 Å². The number of aromatic nitrogens is 2. The number of carbonyl (C=O) groups excluding carboxylic acids is 1. The molecular formula is C16H22N4O2. The number of urea groups is 1. The summed E-state index contributed by atoms with van der Waals surface area (Å²) in [5.41, 5.74) is 2.37. The van der Waals surface area contributed by atoms with Crippen molar-refractivity contribution in [2.75, 3.05) is 5.32 Å². The molecule has 0 saturated heterocycles. The largest absolute Gasteiger partial charge is 0.392 e. The average molecular weight is 302 g/mol. The number of rotatable bonds is 6. The molecule has 2 rings (SSSR count). The lowest BCUT2D eigenvalue weighted by Crippen LogP contribution is -2.28. The number of hydrogen-bond acceptors (Lipinski definition) is 3. The maximum Gasteiger partial charge on any atom is 0.319 e. The van der Waals surface area contributed by atoms with Crippen molar-refractivity contribution in [1.82, 2.24) is 15.1 Å². The molecule has 22 heavy (non-hydrogen) atoms. The van der Waals surface area contributed by atoms with Crippen molar-refractivity contribution < 1.29 is 9.90 Å². The molecule has 0 spiro atoms. The molecular weight excluding hydrogens is 280 g/mol. The lowest BCUT2D eigenvalue weighted by molar-refractivity contribution is 0.251. The Labute approximate surface area is 130 Å². The average Bonchev–Trinajstić information content (AvgIpc) is 2.91. The minimum absolute atomic E-state index is 0.0402. The van der Waals surface area contributed by atoms with Gasteiger partial charge in [0.15, 0.2) is 0 Å². The molecule has 0 fully saturated rings. The Kier molecular flexibility index (Phi) is 5.55. The zero-order valence-electron chi connectivity index (χ0n) is 12.9. The summed E-state index contributed by atoms with van der Waals surface area (Å²) in [5.74, 6) is 0.497. The van der Waals surface area contributed by atoms with Crippen LogP contribution in [-0.4, -0.2) is 20.9 Å². The van der Waals surface area contributed by atoms with E-state index in [-0.39, 0.29) is 12.6 Å². The van der Waals surface area contributed by atoms with Crippen LogP contribution in [0.3, 0.4) is 0 Å². The minimum Gasteiger partial charge on any atom is -0.392 e. The fourth-order valence-electron chi connectivity index (χ4n) is 2.14. The number of hydrogen-bond donors (Lipinski definition) is 3. The van der Waals surface area contributed by atoms with E-state index < -0.39 is 0 Å². The smallest absolute Gasteiger partial charge is 0.319 e. The molecule has 1 aromatic carbocycles. The van der Waals surface area contributed by atoms with Gasteiger partial charge in [0.05, 0.1) is 18.5 Å². The quantitative estimate of drug-likeness (QED) is 0.766. The third-order valence-corrected chi connectivity index (χ3v) is 3.17. The Bertz CT molecular complexity index is 622. The van der Waals surface area contributed by atoms with E-state index in [0.717, 1.165) is 17.7 Å². The monoisotopic (exact) mass is 302 g/mol. The van der Waals surface area contributed by atoms with Gasteiger partial charge in [0.2, 0.25) is 0 Å². The molecule has 6 heteroatoms. The molecule has 118 valence electrons. The number of nitrogens with one attached hydrogen (secondary N) is 2. The Morgan fingerprint density at radius 2 is 2.05 bits per heavy atom. The molecule has 6 nitrogen and oxygen atoms in total. The van der Waals surface area contributed by atoms with Gasteiger partial charge in [0.25, 0.3) is 0 Å². The van der Waals surface area contributed by atoms with Gasteiger partial charge in [0, 0.05) is 19.3 Å². The molecule has 0 radical (unpaired) electrons. The van der Waals surface area contributed by atoms with E-state index in [2.05, 4.69) is 29.6 Å². The SMILES string of the molecule is CC(C)Cn1cc(NC(=O)NCc2ccccc2CO)cn1. The summed E-state index contributed by atoms with van der Waals surface area (Å²) in [6, 6.07) is 7.16. The number of carbonyl (C=O) groups is 1. The highest BCUT2D eigenvalue weighted by Gasteiger charge is 2.06. The second-order valence-electron chi connectivity index (χ2n) is 5.58. The van der Waals surface area contributed by atoms with Crippen LogP contribution < -0.4 is 10.6 Å². The maximum atomic E-state index is 11.9. The molecule has 0 aliphatic heterocycles. The molecule has 0 aliphatic rings. The molecule has 0 atom stereocenters. The predicted molar refractivity (Wildman–Crippen MR) is 85.3 cm³/mol. The Balaban J connectivity index is 1.86. The van der Waals surface area contributed by atoms with Crippen LogP contribution in [0.25, 0.3) is 0 Å². The zero-order chi connectivity index (χ0) is 15.9. The van der Waals surface area contributed by atoms with Gasteiger partial charge in [-0.1, -0.05) is 38.1 Å². The summed E-state index contributed by atoms with van der Waals surface area (Å²) in [6.45, 7) is 5.36. The van der Waals surface area contributed by atoms with E-state index in [1.54, 1.807) is 17.1 Å². The first kappa shape index (κ1) is 16.0. The molecule has 0 saturated carbocycles. The van der Waals surface area contributed by atoms with Crippen LogP contribution in [0.2, 0.25) is 0 Å². The van der Waals surface area contributed by atoms with Crippen LogP contribution >= 0.6 is 0 Å². The lowest BCUT2D eigenvalue weighted by Gasteiger charge is -2.09. The number of aliphatic hydroxyl groups excluding tert-OH is 1. The minimum atomic E-state index is -0.295. The summed E-state index contributed by atoms with van der Waals surface area (Å²) in [6.07, 6.45) is 3.44. The summed E-state index contributed by atoms with van der Waals surface area (Å²) >= 11 is 0. The van der Waals surface area contributed by atoms with Gasteiger partial charge in [0.1, 0.15) is 0 Å². The fourth-order valence-corrected chi connectivity index (χ4v) is 2.14. The highest BCUT2D eigenvalue weighted by Crippen LogP contribution is 2.09. The van der Waals surface area contributed by atoms with Crippen molar-refractivity contribution in [3.63, 3.8) is 0 Å². The molecule has 0 aliphatic carbocycles. The third-order valence-electron chi connectivity index (χ3n) is 3.17. The maximum absolute atomic E-state index is 11.9. The number of amides is 2. The van der Waals surface area contributed by atoms with Gasteiger partial charge in [-0.3, -0.25) is 4.68 Å². The van der Waals surface area contributed by atoms with Crippen molar-refractivity contribution >= 4 is 11.7 Å². The standard InChI is InChI=1S/C16H22N4O2/c1-12(2)9-20-10-15(8-18-20)19-16(22)17-7-13-5-3-4-6-14(13)11-21/h3-6,8,10,12,21H,7,9,11H2,1-2H3,(H2,17,19,22). The number of aliphatic hydroxyl groups is 1. The molecule has 1 heterocycles. The summed E-state index contributed by atoms with van der Waals surface area (Å²) in [7, 11) is 0. The van der Waals surface area contributed by atoms with Crippen LogP contribution in [0, 0.1) is 5.92 Å². The van der Waals surface area contributed by atoms with Gasteiger partial charge < -0.3 is 15.7 Å². The van der Waals surface area contributed by atoms with Gasteiger partial charge >= 0.3 is 6.03 Å². The highest BCUT2D eigenvalue weighted by molar-refractivity contribution is 5.88. The molecule has 1 aromatic heterocycles. The first-order chi connectivity index (χ1) is 10.6. The summed E-state index contributed by atoms with van der Waals surface area (Å²) in [5, 5.41) is 19.0. The molecule has 0 unspecified atom stereocenters. The van der Waals surface area contributed by atoms with E-state index in [1.807, 2.05) is 24.3 Å². The van der Waals surface area contributed by atoms with Gasteiger partial charge in [-0.15, -0.1) is 0 Å². The van der Waals surface area contributed by atoms with E-state index in [4.69, 9.17) is 0 Å². The van der Waals surface area contributed by atoms with Crippen molar-refractivity contribution in [1.29, 1.82) is 0 Å². The van der Waals surface area contributed by atoms with Gasteiger partial charge in [-0.05, 0) is 17.0 Å². The van der Waals surface area contributed by atoms with Crippen LogP contribution in [0.5, 0.6) is 0 Å². The Morgan fingerprint density at radius 3 is 2.73 bits per heavy atom. The van der Waals surface area contributed by atoms with E-state index >= 15 is 0 Å². The number of benzene rings is 1. The summed E-state index contributed by atoms with van der Waals surface area (Å²) < 4.78 is 1.81. The first-order valence-corrected chi connectivity index (χ1v) is 7.33. The second-order valence-corrected chi connectivity index (χ2v) is 5.58. The van der Waals surface area contributed by atoms with Crippen molar-refractivity contribution in [2.24, 2.45) is 5.92 Å². The van der Waals surface area contributed by atoms with Crippen LogP contribution in [-0.2, 0) is 19.7 Å². The molecule has 2 aromatic rings. The topological polar surface area (TPSA) is 79.2 Å². The van der Waals surface area contributed by atoms with Crippen molar-refractivity contribution in [2.45, 2.75) is 33.5 Å². The molecule has 2 amide bonds. The van der Waals surface area contributed by atoms with Crippen LogP contribution in [0.15, 0.2) is 36.7 Å². The Morgan fingerprint density at radius 1 is 1.32 bits per heavy atom. The van der Waals surface area contributed by atoms with Gasteiger partial charge in [-0.25, -0.2) is 4.79 Å². The normalized spacial score (nSPS) is 10.7. The molecule has 0 bridgehead atoms. The van der Waals surface area contributed by atoms with E-state index in [9.17, 15) is 9.90 Å². The van der Waals surface area contributed by atoms with Crippen molar-refractivity contribution in [3.05, 3.63) is 47.8 Å². The molecule has 3 N–H and O–H groups in total. The fraction of sp³-hybridized carbons (Fsp3) is 0.375. The highest BCUT2D eigenvalue weighted by atomic mass is 16.3.